The topological polar surface area (TPSA) is 26.3 Å². The van der Waals surface area contributed by atoms with Gasteiger partial charge in [-0.2, -0.15) is 0 Å². The second-order valence-corrected chi connectivity index (χ2v) is 11.1. The van der Waals surface area contributed by atoms with Crippen LogP contribution < -0.4 is 5.19 Å². The van der Waals surface area contributed by atoms with E-state index < -0.39 is 8.07 Å². The van der Waals surface area contributed by atoms with Gasteiger partial charge in [0.25, 0.3) is 0 Å². The number of benzene rings is 1. The molecule has 0 amide bonds. The molecule has 1 aromatic carbocycles. The molecular formula is C17H22O2Si. The molecule has 0 bridgehead atoms. The van der Waals surface area contributed by atoms with E-state index in [1.165, 1.54) is 5.19 Å². The molecule has 0 N–H and O–H groups in total. The summed E-state index contributed by atoms with van der Waals surface area (Å²) >= 11 is 0. The molecule has 0 heterocycles. The first-order valence-corrected chi connectivity index (χ1v) is 10.6. The maximum atomic E-state index is 12.0. The fourth-order valence-electron chi connectivity index (χ4n) is 3.78. The van der Waals surface area contributed by atoms with Gasteiger partial charge in [0.05, 0.1) is 20.6 Å². The Balaban J connectivity index is 1.80. The minimum Gasteiger partial charge on any atom is -0.466 e. The molecule has 0 spiro atoms. The third-order valence-electron chi connectivity index (χ3n) is 5.00. The van der Waals surface area contributed by atoms with Gasteiger partial charge < -0.3 is 4.74 Å². The van der Waals surface area contributed by atoms with E-state index in [4.69, 9.17) is 4.74 Å². The Morgan fingerprint density at radius 2 is 1.90 bits per heavy atom. The van der Waals surface area contributed by atoms with Crippen LogP contribution in [0.25, 0.3) is 0 Å². The van der Waals surface area contributed by atoms with Gasteiger partial charge in [-0.25, -0.2) is 0 Å². The highest BCUT2D eigenvalue weighted by Crippen LogP contribution is 2.62. The highest BCUT2D eigenvalue weighted by Gasteiger charge is 2.62. The van der Waals surface area contributed by atoms with Crippen molar-refractivity contribution in [1.29, 1.82) is 0 Å². The van der Waals surface area contributed by atoms with Crippen molar-refractivity contribution in [2.24, 2.45) is 17.8 Å². The number of fused-ring (bicyclic) bond motifs is 1. The van der Waals surface area contributed by atoms with E-state index in [0.29, 0.717) is 24.0 Å². The third kappa shape index (κ3) is 2.04. The van der Waals surface area contributed by atoms with Crippen molar-refractivity contribution in [3.63, 3.8) is 0 Å². The Morgan fingerprint density at radius 3 is 2.55 bits per heavy atom. The Hall–Kier alpha value is -1.35. The maximum Gasteiger partial charge on any atom is 0.309 e. The lowest BCUT2D eigenvalue weighted by Crippen LogP contribution is -2.46. The van der Waals surface area contributed by atoms with Crippen LogP contribution in [0.15, 0.2) is 42.5 Å². The Bertz CT molecular complexity index is 535. The lowest BCUT2D eigenvalue weighted by molar-refractivity contribution is -0.145. The number of ether oxygens (including phenoxy) is 1. The van der Waals surface area contributed by atoms with Gasteiger partial charge in [0.1, 0.15) is 0 Å². The highest BCUT2D eigenvalue weighted by molar-refractivity contribution is 6.91. The summed E-state index contributed by atoms with van der Waals surface area (Å²) in [7, 11) is -1.57. The van der Waals surface area contributed by atoms with Crippen LogP contribution >= 0.6 is 0 Å². The van der Waals surface area contributed by atoms with Gasteiger partial charge in [0.2, 0.25) is 0 Å². The first-order chi connectivity index (χ1) is 9.57. The van der Waals surface area contributed by atoms with E-state index in [1.807, 2.05) is 6.92 Å². The summed E-state index contributed by atoms with van der Waals surface area (Å²) in [6.07, 6.45) is 4.62. The van der Waals surface area contributed by atoms with Gasteiger partial charge in [-0.15, -0.1) is 0 Å². The van der Waals surface area contributed by atoms with Crippen molar-refractivity contribution in [2.45, 2.75) is 25.6 Å². The number of hydrogen-bond donors (Lipinski definition) is 0. The number of carbonyl (C=O) groups is 1. The van der Waals surface area contributed by atoms with Gasteiger partial charge in [-0.05, 0) is 24.3 Å². The van der Waals surface area contributed by atoms with E-state index in [2.05, 4.69) is 55.6 Å². The van der Waals surface area contributed by atoms with Crippen LogP contribution in [-0.4, -0.2) is 20.7 Å². The smallest absolute Gasteiger partial charge is 0.309 e. The van der Waals surface area contributed by atoms with Gasteiger partial charge in [0, 0.05) is 0 Å². The van der Waals surface area contributed by atoms with Gasteiger partial charge >= 0.3 is 5.97 Å². The van der Waals surface area contributed by atoms with Crippen molar-refractivity contribution in [3.8, 4) is 0 Å². The largest absolute Gasteiger partial charge is 0.466 e. The van der Waals surface area contributed by atoms with Crippen molar-refractivity contribution in [3.05, 3.63) is 42.5 Å². The summed E-state index contributed by atoms with van der Waals surface area (Å²) in [5.74, 6) is 1.07. The van der Waals surface area contributed by atoms with Crippen LogP contribution in [0, 0.1) is 17.8 Å². The van der Waals surface area contributed by atoms with Gasteiger partial charge in [0.15, 0.2) is 0 Å². The normalized spacial score (nSPS) is 30.9. The molecule has 0 aliphatic heterocycles. The molecule has 0 aromatic heterocycles. The minimum atomic E-state index is -1.57. The molecule has 0 radical (unpaired) electrons. The third-order valence-corrected chi connectivity index (χ3v) is 9.06. The number of carbonyl (C=O) groups excluding carboxylic acids is 1. The van der Waals surface area contributed by atoms with E-state index in [-0.39, 0.29) is 11.9 Å². The zero-order valence-corrected chi connectivity index (χ0v) is 13.4. The van der Waals surface area contributed by atoms with E-state index in [9.17, 15) is 4.79 Å². The molecule has 1 saturated carbocycles. The number of hydrogen-bond acceptors (Lipinski definition) is 2. The lowest BCUT2D eigenvalue weighted by Gasteiger charge is -2.30. The van der Waals surface area contributed by atoms with Crippen molar-refractivity contribution >= 4 is 19.2 Å². The fourth-order valence-corrected chi connectivity index (χ4v) is 7.20. The quantitative estimate of drug-likeness (QED) is 0.483. The highest BCUT2D eigenvalue weighted by atomic mass is 28.3. The predicted molar refractivity (Wildman–Crippen MR) is 83.6 cm³/mol. The molecule has 0 saturated heterocycles. The molecule has 4 atom stereocenters. The average molecular weight is 286 g/mol. The molecule has 1 aromatic rings. The summed E-state index contributed by atoms with van der Waals surface area (Å²) in [6.45, 7) is 7.20. The molecule has 106 valence electrons. The van der Waals surface area contributed by atoms with Gasteiger partial charge in [-0.1, -0.05) is 60.8 Å². The molecule has 2 aliphatic rings. The maximum absolute atomic E-state index is 12.0. The first-order valence-electron chi connectivity index (χ1n) is 7.48. The van der Waals surface area contributed by atoms with Crippen LogP contribution in [-0.2, 0) is 9.53 Å². The van der Waals surface area contributed by atoms with Crippen molar-refractivity contribution < 1.29 is 9.53 Å². The fraction of sp³-hybridized carbons (Fsp3) is 0.471. The minimum absolute atomic E-state index is 0.00899. The van der Waals surface area contributed by atoms with Crippen LogP contribution in [0.1, 0.15) is 6.92 Å². The zero-order chi connectivity index (χ0) is 14.3. The second kappa shape index (κ2) is 4.88. The van der Waals surface area contributed by atoms with E-state index >= 15 is 0 Å². The molecular weight excluding hydrogens is 264 g/mol. The van der Waals surface area contributed by atoms with Crippen LogP contribution in [0.2, 0.25) is 18.6 Å². The molecule has 20 heavy (non-hydrogen) atoms. The van der Waals surface area contributed by atoms with Crippen molar-refractivity contribution in [2.75, 3.05) is 6.61 Å². The van der Waals surface area contributed by atoms with Crippen LogP contribution in [0.3, 0.4) is 0 Å². The molecule has 3 rings (SSSR count). The van der Waals surface area contributed by atoms with Crippen LogP contribution in [0.5, 0.6) is 0 Å². The Kier molecular flexibility index (Phi) is 3.33. The molecule has 2 nitrogen and oxygen atoms in total. The SMILES string of the molecule is CCOC(=O)[C@@H]1[C@H]2C=C[C@H]([Si](C)(C)c3ccccc3)[C@H]21. The predicted octanol–water partition coefficient (Wildman–Crippen LogP) is 2.97. The Morgan fingerprint density at radius 1 is 1.20 bits per heavy atom. The summed E-state index contributed by atoms with van der Waals surface area (Å²) in [5.41, 5.74) is 0.560. The monoisotopic (exact) mass is 286 g/mol. The summed E-state index contributed by atoms with van der Waals surface area (Å²) in [6, 6.07) is 10.8. The van der Waals surface area contributed by atoms with Crippen molar-refractivity contribution in [1.82, 2.24) is 0 Å². The van der Waals surface area contributed by atoms with E-state index in [0.717, 1.165) is 0 Å². The first kappa shape index (κ1) is 13.6. The summed E-state index contributed by atoms with van der Waals surface area (Å²) in [4.78, 5) is 12.0. The standard InChI is InChI=1S/C17H22O2Si/c1-4-19-17(18)16-13-10-11-14(15(13)16)20(2,3)12-8-6-5-7-9-12/h5-11,13-16H,4H2,1-3H3/t13-,14-,15-,16+/m0/s1. The van der Waals surface area contributed by atoms with Gasteiger partial charge in [-0.3, -0.25) is 4.79 Å². The number of esters is 1. The van der Waals surface area contributed by atoms with Crippen LogP contribution in [0.4, 0.5) is 0 Å². The summed E-state index contributed by atoms with van der Waals surface area (Å²) < 4.78 is 5.21. The lowest BCUT2D eigenvalue weighted by atomic mass is 10.2. The number of allylic oxidation sites excluding steroid dienone is 2. The average Bonchev–Trinajstić information content (AvgIpc) is 2.99. The van der Waals surface area contributed by atoms with E-state index in [1.54, 1.807) is 0 Å². The number of rotatable bonds is 4. The molecule has 2 aliphatic carbocycles. The zero-order valence-electron chi connectivity index (χ0n) is 12.4. The second-order valence-electron chi connectivity index (χ2n) is 6.43. The molecule has 3 heteroatoms. The Labute approximate surface area is 121 Å². The summed E-state index contributed by atoms with van der Waals surface area (Å²) in [5, 5.41) is 1.48. The molecule has 1 fully saturated rings. The molecule has 0 unspecified atom stereocenters.